The zero-order valence-corrected chi connectivity index (χ0v) is 14.2. The topological polar surface area (TPSA) is 58.4 Å². The molecule has 0 spiro atoms. The Morgan fingerprint density at radius 2 is 1.84 bits per heavy atom. The average Bonchev–Trinajstić information content (AvgIpc) is 3.07. The van der Waals surface area contributed by atoms with E-state index in [1.807, 2.05) is 48.5 Å². The fourth-order valence-electron chi connectivity index (χ4n) is 3.21. The van der Waals surface area contributed by atoms with Gasteiger partial charge >= 0.3 is 0 Å². The van der Waals surface area contributed by atoms with Crippen molar-refractivity contribution in [3.8, 4) is 11.5 Å². The molecule has 1 aliphatic rings. The first-order valence-electron chi connectivity index (χ1n) is 8.64. The van der Waals surface area contributed by atoms with Gasteiger partial charge in [-0.1, -0.05) is 12.1 Å². The van der Waals surface area contributed by atoms with Gasteiger partial charge in [-0.2, -0.15) is 0 Å². The molecule has 0 saturated carbocycles. The predicted octanol–water partition coefficient (Wildman–Crippen LogP) is 3.78. The van der Waals surface area contributed by atoms with E-state index < -0.39 is 0 Å². The third-order valence-electron chi connectivity index (χ3n) is 4.78. The van der Waals surface area contributed by atoms with Gasteiger partial charge in [0.05, 0.1) is 0 Å². The lowest BCUT2D eigenvalue weighted by molar-refractivity contribution is -0.121. The summed E-state index contributed by atoms with van der Waals surface area (Å²) in [5.74, 6) is 0.810. The lowest BCUT2D eigenvalue weighted by Gasteiger charge is -2.28. The van der Waals surface area contributed by atoms with Crippen molar-refractivity contribution < 1.29 is 9.21 Å². The Bertz CT molecular complexity index is 844. The second-order valence-electron chi connectivity index (χ2n) is 6.63. The number of anilines is 1. The zero-order valence-electron chi connectivity index (χ0n) is 14.2. The quantitative estimate of drug-likeness (QED) is 0.791. The first-order valence-corrected chi connectivity index (χ1v) is 8.64. The van der Waals surface area contributed by atoms with Gasteiger partial charge in [-0.25, -0.2) is 4.98 Å². The molecule has 0 bridgehead atoms. The Morgan fingerprint density at radius 3 is 2.56 bits per heavy atom. The van der Waals surface area contributed by atoms with Crippen LogP contribution >= 0.6 is 0 Å². The van der Waals surface area contributed by atoms with Crippen molar-refractivity contribution >= 4 is 22.7 Å². The maximum Gasteiger partial charge on any atom is 0.227 e. The molecule has 0 radical (unpaired) electrons. The van der Waals surface area contributed by atoms with Crippen LogP contribution in [0.2, 0.25) is 0 Å². The maximum atomic E-state index is 12.4. The molecule has 5 heteroatoms. The number of nitrogens with zero attached hydrogens (tertiary/aromatic N) is 2. The molecule has 1 aliphatic heterocycles. The summed E-state index contributed by atoms with van der Waals surface area (Å²) in [6.45, 7) is 1.96. The molecule has 1 fully saturated rings. The van der Waals surface area contributed by atoms with Crippen LogP contribution in [0.3, 0.4) is 0 Å². The number of aromatic nitrogens is 1. The van der Waals surface area contributed by atoms with Crippen LogP contribution in [-0.2, 0) is 4.79 Å². The van der Waals surface area contributed by atoms with E-state index in [1.54, 1.807) is 0 Å². The number of oxazole rings is 1. The molecule has 4 rings (SSSR count). The molecule has 5 nitrogen and oxygen atoms in total. The van der Waals surface area contributed by atoms with E-state index in [9.17, 15) is 4.79 Å². The number of benzene rings is 2. The highest BCUT2D eigenvalue weighted by Crippen LogP contribution is 2.25. The summed E-state index contributed by atoms with van der Waals surface area (Å²) >= 11 is 0. The number of hydrogen-bond acceptors (Lipinski definition) is 4. The van der Waals surface area contributed by atoms with E-state index >= 15 is 0 Å². The van der Waals surface area contributed by atoms with Crippen LogP contribution in [0.5, 0.6) is 0 Å². The zero-order chi connectivity index (χ0) is 17.2. The first kappa shape index (κ1) is 15.8. The molecule has 3 aromatic rings. The summed E-state index contributed by atoms with van der Waals surface area (Å²) in [5.41, 5.74) is 3.33. The highest BCUT2D eigenvalue weighted by molar-refractivity contribution is 5.92. The lowest BCUT2D eigenvalue weighted by atomic mass is 9.96. The van der Waals surface area contributed by atoms with Gasteiger partial charge in [0, 0.05) is 17.2 Å². The summed E-state index contributed by atoms with van der Waals surface area (Å²) < 4.78 is 5.78. The number of likely N-dealkylation sites (tertiary alicyclic amines) is 1. The number of rotatable bonds is 3. The van der Waals surface area contributed by atoms with Gasteiger partial charge in [0.1, 0.15) is 5.52 Å². The fraction of sp³-hybridized carbons (Fsp3) is 0.300. The van der Waals surface area contributed by atoms with Gasteiger partial charge < -0.3 is 14.6 Å². The van der Waals surface area contributed by atoms with Crippen molar-refractivity contribution in [2.24, 2.45) is 5.92 Å². The summed E-state index contributed by atoms with van der Waals surface area (Å²) in [4.78, 5) is 19.1. The molecule has 1 N–H and O–H groups in total. The van der Waals surface area contributed by atoms with Gasteiger partial charge in [-0.15, -0.1) is 0 Å². The lowest BCUT2D eigenvalue weighted by Crippen LogP contribution is -2.35. The van der Waals surface area contributed by atoms with Crippen molar-refractivity contribution in [2.45, 2.75) is 12.8 Å². The molecular weight excluding hydrogens is 314 g/mol. The highest BCUT2D eigenvalue weighted by Gasteiger charge is 2.23. The Labute approximate surface area is 146 Å². The van der Waals surface area contributed by atoms with Crippen LogP contribution in [0.15, 0.2) is 52.9 Å². The van der Waals surface area contributed by atoms with Crippen LogP contribution in [0.4, 0.5) is 5.69 Å². The molecule has 0 atom stereocenters. The molecule has 1 amide bonds. The van der Waals surface area contributed by atoms with E-state index in [2.05, 4.69) is 22.2 Å². The van der Waals surface area contributed by atoms with Crippen LogP contribution < -0.4 is 5.32 Å². The normalized spacial score (nSPS) is 16.2. The number of nitrogens with one attached hydrogen (secondary N) is 1. The van der Waals surface area contributed by atoms with Gasteiger partial charge in [0.2, 0.25) is 11.8 Å². The van der Waals surface area contributed by atoms with Crippen molar-refractivity contribution in [1.82, 2.24) is 9.88 Å². The number of amides is 1. The van der Waals surface area contributed by atoms with Gasteiger partial charge in [-0.3, -0.25) is 4.79 Å². The van der Waals surface area contributed by atoms with Crippen molar-refractivity contribution in [2.75, 3.05) is 25.5 Å². The van der Waals surface area contributed by atoms with Crippen LogP contribution in [0.1, 0.15) is 12.8 Å². The molecule has 2 aromatic carbocycles. The molecule has 1 saturated heterocycles. The second kappa shape index (κ2) is 6.69. The number of carbonyl (C=O) groups is 1. The standard InChI is InChI=1S/C20H21N3O2/c1-23-12-10-14(11-13-23)19(24)21-16-8-6-15(7-9-16)20-22-17-4-2-3-5-18(17)25-20/h2-9,14H,10-13H2,1H3,(H,21,24). The largest absolute Gasteiger partial charge is 0.436 e. The number of para-hydroxylation sites is 2. The minimum Gasteiger partial charge on any atom is -0.436 e. The number of piperidine rings is 1. The Hall–Kier alpha value is -2.66. The highest BCUT2D eigenvalue weighted by atomic mass is 16.3. The number of fused-ring (bicyclic) bond motifs is 1. The van der Waals surface area contributed by atoms with E-state index in [0.717, 1.165) is 48.3 Å². The predicted molar refractivity (Wildman–Crippen MR) is 98.3 cm³/mol. The molecule has 0 unspecified atom stereocenters. The third kappa shape index (κ3) is 3.42. The molecular formula is C20H21N3O2. The van der Waals surface area contributed by atoms with Gasteiger partial charge in [-0.05, 0) is 69.4 Å². The molecule has 128 valence electrons. The summed E-state index contributed by atoms with van der Waals surface area (Å²) in [7, 11) is 2.10. The van der Waals surface area contributed by atoms with Crippen LogP contribution in [0, 0.1) is 5.92 Å². The van der Waals surface area contributed by atoms with Gasteiger partial charge in [0.15, 0.2) is 5.58 Å². The van der Waals surface area contributed by atoms with E-state index in [0.29, 0.717) is 5.89 Å². The molecule has 25 heavy (non-hydrogen) atoms. The van der Waals surface area contributed by atoms with Crippen LogP contribution in [-0.4, -0.2) is 35.9 Å². The number of carbonyl (C=O) groups excluding carboxylic acids is 1. The first-order chi connectivity index (χ1) is 12.2. The molecule has 1 aromatic heterocycles. The van der Waals surface area contributed by atoms with Crippen molar-refractivity contribution in [3.63, 3.8) is 0 Å². The average molecular weight is 335 g/mol. The minimum atomic E-state index is 0.105. The smallest absolute Gasteiger partial charge is 0.227 e. The minimum absolute atomic E-state index is 0.105. The summed E-state index contributed by atoms with van der Waals surface area (Å²) in [5, 5.41) is 3.02. The number of hydrogen-bond donors (Lipinski definition) is 1. The van der Waals surface area contributed by atoms with E-state index in [4.69, 9.17) is 4.42 Å². The SMILES string of the molecule is CN1CCC(C(=O)Nc2ccc(-c3nc4ccccc4o3)cc2)CC1. The Balaban J connectivity index is 1.45. The monoisotopic (exact) mass is 335 g/mol. The van der Waals surface area contributed by atoms with E-state index in [1.165, 1.54) is 0 Å². The molecule has 0 aliphatic carbocycles. The van der Waals surface area contributed by atoms with Gasteiger partial charge in [0.25, 0.3) is 0 Å². The third-order valence-corrected chi connectivity index (χ3v) is 4.78. The fourth-order valence-corrected chi connectivity index (χ4v) is 3.21. The maximum absolute atomic E-state index is 12.4. The molecule has 2 heterocycles. The van der Waals surface area contributed by atoms with E-state index in [-0.39, 0.29) is 11.8 Å². The Morgan fingerprint density at radius 1 is 1.12 bits per heavy atom. The van der Waals surface area contributed by atoms with Crippen molar-refractivity contribution in [3.05, 3.63) is 48.5 Å². The summed E-state index contributed by atoms with van der Waals surface area (Å²) in [6, 6.07) is 15.4. The summed E-state index contributed by atoms with van der Waals surface area (Å²) in [6.07, 6.45) is 1.84. The second-order valence-corrected chi connectivity index (χ2v) is 6.63. The Kier molecular flexibility index (Phi) is 4.24. The van der Waals surface area contributed by atoms with Crippen LogP contribution in [0.25, 0.3) is 22.6 Å². The van der Waals surface area contributed by atoms with Crippen molar-refractivity contribution in [1.29, 1.82) is 0 Å².